The van der Waals surface area contributed by atoms with Gasteiger partial charge in [-0.3, -0.25) is 0 Å². The maximum atomic E-state index is 12.2. The monoisotopic (exact) mass is 353 g/mol. The van der Waals surface area contributed by atoms with Gasteiger partial charge in [-0.15, -0.1) is 0 Å². The van der Waals surface area contributed by atoms with E-state index in [0.29, 0.717) is 6.04 Å². The number of amides is 2. The predicted molar refractivity (Wildman–Crippen MR) is 111 cm³/mol. The van der Waals surface area contributed by atoms with Crippen molar-refractivity contribution in [3.8, 4) is 0 Å². The van der Waals surface area contributed by atoms with Crippen molar-refractivity contribution >= 4 is 17.4 Å². The molecule has 1 atom stereocenters. The van der Waals surface area contributed by atoms with Gasteiger partial charge in [0.15, 0.2) is 0 Å². The van der Waals surface area contributed by atoms with Gasteiger partial charge >= 0.3 is 6.03 Å². The van der Waals surface area contributed by atoms with E-state index in [1.165, 1.54) is 11.1 Å². The van der Waals surface area contributed by atoms with Gasteiger partial charge in [-0.1, -0.05) is 38.1 Å². The maximum absolute atomic E-state index is 12.2. The van der Waals surface area contributed by atoms with Crippen LogP contribution in [0.4, 0.5) is 16.2 Å². The zero-order valence-electron chi connectivity index (χ0n) is 16.4. The molecular weight excluding hydrogens is 322 g/mol. The van der Waals surface area contributed by atoms with Crippen molar-refractivity contribution in [2.45, 2.75) is 46.6 Å². The van der Waals surface area contributed by atoms with Crippen molar-refractivity contribution in [2.75, 3.05) is 23.7 Å². The number of nitrogens with zero attached hydrogens (tertiary/aromatic N) is 1. The lowest BCUT2D eigenvalue weighted by molar-refractivity contribution is 0.217. The van der Waals surface area contributed by atoms with Crippen molar-refractivity contribution in [3.05, 3.63) is 59.7 Å². The Bertz CT molecular complexity index is 700. The van der Waals surface area contributed by atoms with Crippen molar-refractivity contribution in [2.24, 2.45) is 0 Å². The summed E-state index contributed by atoms with van der Waals surface area (Å²) >= 11 is 0. The zero-order chi connectivity index (χ0) is 18.9. The molecule has 4 nitrogen and oxygen atoms in total. The molecule has 0 aliphatic rings. The van der Waals surface area contributed by atoms with Crippen molar-refractivity contribution < 1.29 is 4.79 Å². The fraction of sp³-hybridized carbons (Fsp3) is 0.409. The summed E-state index contributed by atoms with van der Waals surface area (Å²) in [6.45, 7) is 10.9. The van der Waals surface area contributed by atoms with Gasteiger partial charge in [-0.05, 0) is 68.6 Å². The van der Waals surface area contributed by atoms with E-state index in [4.69, 9.17) is 0 Å². The molecule has 0 spiro atoms. The minimum absolute atomic E-state index is 0.221. The van der Waals surface area contributed by atoms with E-state index in [1.807, 2.05) is 36.4 Å². The fourth-order valence-corrected chi connectivity index (χ4v) is 3.05. The second-order valence-electron chi connectivity index (χ2n) is 6.72. The number of urea groups is 1. The summed E-state index contributed by atoms with van der Waals surface area (Å²) < 4.78 is 0. The average molecular weight is 354 g/mol. The third-order valence-electron chi connectivity index (χ3n) is 4.93. The molecule has 0 heterocycles. The van der Waals surface area contributed by atoms with Crippen molar-refractivity contribution in [1.82, 2.24) is 4.90 Å². The number of hydrogen-bond donors (Lipinski definition) is 2. The minimum Gasteiger partial charge on any atom is -0.308 e. The Morgan fingerprint density at radius 1 is 1.04 bits per heavy atom. The zero-order valence-corrected chi connectivity index (χ0v) is 16.4. The van der Waals surface area contributed by atoms with E-state index >= 15 is 0 Å². The molecule has 4 heteroatoms. The van der Waals surface area contributed by atoms with E-state index in [0.717, 1.165) is 37.3 Å². The summed E-state index contributed by atoms with van der Waals surface area (Å²) in [4.78, 5) is 14.7. The lowest BCUT2D eigenvalue weighted by Crippen LogP contribution is -2.34. The second-order valence-corrected chi connectivity index (χ2v) is 6.72. The molecule has 0 aliphatic carbocycles. The molecule has 0 aromatic heterocycles. The first-order valence-corrected chi connectivity index (χ1v) is 9.50. The number of hydrogen-bond acceptors (Lipinski definition) is 2. The molecule has 0 saturated carbocycles. The van der Waals surface area contributed by atoms with Crippen molar-refractivity contribution in [1.29, 1.82) is 0 Å². The summed E-state index contributed by atoms with van der Waals surface area (Å²) in [6.07, 6.45) is 2.15. The van der Waals surface area contributed by atoms with Crippen molar-refractivity contribution in [3.63, 3.8) is 0 Å². The number of benzene rings is 2. The smallest absolute Gasteiger partial charge is 0.308 e. The van der Waals surface area contributed by atoms with Gasteiger partial charge < -0.3 is 15.5 Å². The number of carbonyl (C=O) groups is 1. The summed E-state index contributed by atoms with van der Waals surface area (Å²) in [7, 11) is 0. The summed E-state index contributed by atoms with van der Waals surface area (Å²) in [6, 6.07) is 16.0. The highest BCUT2D eigenvalue weighted by Gasteiger charge is 2.11. The van der Waals surface area contributed by atoms with Crippen LogP contribution < -0.4 is 10.6 Å². The Balaban J connectivity index is 1.98. The van der Waals surface area contributed by atoms with Crippen LogP contribution in [-0.2, 0) is 6.42 Å². The Morgan fingerprint density at radius 3 is 2.38 bits per heavy atom. The van der Waals surface area contributed by atoms with Gasteiger partial charge in [-0.25, -0.2) is 4.79 Å². The third kappa shape index (κ3) is 5.88. The molecule has 1 unspecified atom stereocenters. The predicted octanol–water partition coefficient (Wildman–Crippen LogP) is 5.30. The SMILES string of the molecule is CCC(C)N(CC)CCc1cc(NC(=O)Nc2ccccc2)ccc1C. The van der Waals surface area contributed by atoms with E-state index in [2.05, 4.69) is 55.4 Å². The first-order valence-electron chi connectivity index (χ1n) is 9.50. The van der Waals surface area contributed by atoms with E-state index in [9.17, 15) is 4.79 Å². The fourth-order valence-electron chi connectivity index (χ4n) is 3.05. The van der Waals surface area contributed by atoms with Gasteiger partial charge in [0, 0.05) is 24.0 Å². The molecule has 0 fully saturated rings. The largest absolute Gasteiger partial charge is 0.323 e. The highest BCUT2D eigenvalue weighted by Crippen LogP contribution is 2.18. The normalized spacial score (nSPS) is 12.0. The number of anilines is 2. The lowest BCUT2D eigenvalue weighted by Gasteiger charge is -2.27. The van der Waals surface area contributed by atoms with Gasteiger partial charge in [0.1, 0.15) is 0 Å². The van der Waals surface area contributed by atoms with Crippen LogP contribution in [0.3, 0.4) is 0 Å². The topological polar surface area (TPSA) is 44.4 Å². The van der Waals surface area contributed by atoms with Crippen LogP contribution in [0.15, 0.2) is 48.5 Å². The minimum atomic E-state index is -0.221. The third-order valence-corrected chi connectivity index (χ3v) is 4.93. The number of likely N-dealkylation sites (N-methyl/N-ethyl adjacent to an activating group) is 1. The average Bonchev–Trinajstić information content (AvgIpc) is 2.65. The molecule has 2 aromatic carbocycles. The number of rotatable bonds is 8. The number of nitrogens with one attached hydrogen (secondary N) is 2. The molecule has 26 heavy (non-hydrogen) atoms. The highest BCUT2D eigenvalue weighted by molar-refractivity contribution is 5.99. The Morgan fingerprint density at radius 2 is 1.73 bits per heavy atom. The number of aryl methyl sites for hydroxylation is 1. The standard InChI is InChI=1S/C22H31N3O/c1-5-18(4)25(6-2)15-14-19-16-21(13-12-17(19)3)24-22(26)23-20-10-8-7-9-11-20/h7-13,16,18H,5-6,14-15H2,1-4H3,(H2,23,24,26). The molecule has 0 aliphatic heterocycles. The molecule has 0 radical (unpaired) electrons. The first kappa shape index (κ1) is 20.0. The quantitative estimate of drug-likeness (QED) is 0.676. The number of carbonyl (C=O) groups excluding carboxylic acids is 1. The molecule has 0 saturated heterocycles. The van der Waals surface area contributed by atoms with Gasteiger partial charge in [0.25, 0.3) is 0 Å². The highest BCUT2D eigenvalue weighted by atomic mass is 16.2. The number of para-hydroxylation sites is 1. The molecule has 2 N–H and O–H groups in total. The van der Waals surface area contributed by atoms with E-state index in [1.54, 1.807) is 0 Å². The van der Waals surface area contributed by atoms with E-state index in [-0.39, 0.29) is 6.03 Å². The summed E-state index contributed by atoms with van der Waals surface area (Å²) in [5.74, 6) is 0. The summed E-state index contributed by atoms with van der Waals surface area (Å²) in [5, 5.41) is 5.78. The molecule has 140 valence electrons. The molecule has 0 bridgehead atoms. The maximum Gasteiger partial charge on any atom is 0.323 e. The Kier molecular flexibility index (Phi) is 7.67. The lowest BCUT2D eigenvalue weighted by atomic mass is 10.0. The molecule has 2 rings (SSSR count). The first-order chi connectivity index (χ1) is 12.5. The van der Waals surface area contributed by atoms with E-state index < -0.39 is 0 Å². The van der Waals surface area contributed by atoms with Crippen LogP contribution in [0.1, 0.15) is 38.3 Å². The van der Waals surface area contributed by atoms with Gasteiger partial charge in [0.05, 0.1) is 0 Å². The Hall–Kier alpha value is -2.33. The van der Waals surface area contributed by atoms with Crippen LogP contribution >= 0.6 is 0 Å². The molecule has 2 aromatic rings. The van der Waals surface area contributed by atoms with Crippen LogP contribution in [0, 0.1) is 6.92 Å². The van der Waals surface area contributed by atoms with Gasteiger partial charge in [0.2, 0.25) is 0 Å². The van der Waals surface area contributed by atoms with Crippen LogP contribution in [0.25, 0.3) is 0 Å². The molecule has 2 amide bonds. The summed E-state index contributed by atoms with van der Waals surface area (Å²) in [5.41, 5.74) is 4.15. The van der Waals surface area contributed by atoms with Crippen LogP contribution in [0.5, 0.6) is 0 Å². The van der Waals surface area contributed by atoms with Crippen LogP contribution in [-0.4, -0.2) is 30.1 Å². The second kappa shape index (κ2) is 9.97. The Labute approximate surface area is 157 Å². The molecular formula is C22H31N3O. The van der Waals surface area contributed by atoms with Gasteiger partial charge in [-0.2, -0.15) is 0 Å². The van der Waals surface area contributed by atoms with Crippen LogP contribution in [0.2, 0.25) is 0 Å².